The minimum Gasteiger partial charge on any atom is -0.396 e. The van der Waals surface area contributed by atoms with E-state index >= 15 is 0 Å². The van der Waals surface area contributed by atoms with Crippen molar-refractivity contribution in [1.82, 2.24) is 4.90 Å². The molecule has 2 heterocycles. The fourth-order valence-corrected chi connectivity index (χ4v) is 2.93. The van der Waals surface area contributed by atoms with Crippen molar-refractivity contribution >= 4 is 0 Å². The third kappa shape index (κ3) is 1.47. The third-order valence-corrected chi connectivity index (χ3v) is 4.17. The number of aliphatic hydroxyl groups excluding tert-OH is 1. The Morgan fingerprint density at radius 3 is 2.36 bits per heavy atom. The summed E-state index contributed by atoms with van der Waals surface area (Å²) < 4.78 is 5.46. The van der Waals surface area contributed by atoms with Gasteiger partial charge in [0.1, 0.15) is 0 Å². The van der Waals surface area contributed by atoms with Crippen molar-refractivity contribution in [2.45, 2.75) is 12.8 Å². The van der Waals surface area contributed by atoms with Gasteiger partial charge in [-0.05, 0) is 12.8 Å². The maximum atomic E-state index is 9.27. The van der Waals surface area contributed by atoms with Gasteiger partial charge in [-0.3, -0.25) is 0 Å². The van der Waals surface area contributed by atoms with E-state index < -0.39 is 0 Å². The normalized spacial score (nSPS) is 40.1. The van der Waals surface area contributed by atoms with E-state index in [4.69, 9.17) is 4.74 Å². The van der Waals surface area contributed by atoms with E-state index in [0.29, 0.717) is 12.0 Å². The number of hydrogen-bond acceptors (Lipinski definition) is 3. The van der Waals surface area contributed by atoms with Crippen LogP contribution in [0.4, 0.5) is 0 Å². The molecule has 1 saturated carbocycles. The van der Waals surface area contributed by atoms with Crippen LogP contribution in [-0.2, 0) is 4.74 Å². The molecule has 1 N–H and O–H groups in total. The van der Waals surface area contributed by atoms with Crippen LogP contribution in [0.25, 0.3) is 0 Å². The molecule has 0 unspecified atom stereocenters. The number of hydrogen-bond donors (Lipinski definition) is 1. The van der Waals surface area contributed by atoms with Crippen LogP contribution in [0.3, 0.4) is 0 Å². The molecular weight excluding hydrogens is 178 g/mol. The smallest absolute Gasteiger partial charge is 0.0510 e. The van der Waals surface area contributed by atoms with E-state index in [9.17, 15) is 5.11 Å². The Morgan fingerprint density at radius 1 is 1.21 bits per heavy atom. The summed E-state index contributed by atoms with van der Waals surface area (Å²) in [5, 5.41) is 9.27. The van der Waals surface area contributed by atoms with Crippen LogP contribution in [0.1, 0.15) is 12.8 Å². The van der Waals surface area contributed by atoms with E-state index in [0.717, 1.165) is 31.6 Å². The lowest BCUT2D eigenvalue weighted by molar-refractivity contribution is 0.128. The lowest BCUT2D eigenvalue weighted by atomic mass is 10.0. The van der Waals surface area contributed by atoms with Gasteiger partial charge >= 0.3 is 0 Å². The largest absolute Gasteiger partial charge is 0.396 e. The molecule has 0 aromatic heterocycles. The first-order valence-corrected chi connectivity index (χ1v) is 5.72. The first-order chi connectivity index (χ1) is 6.81. The van der Waals surface area contributed by atoms with Crippen LogP contribution >= 0.6 is 0 Å². The minimum absolute atomic E-state index is 0.291. The van der Waals surface area contributed by atoms with Gasteiger partial charge in [0.25, 0.3) is 0 Å². The topological polar surface area (TPSA) is 32.7 Å². The summed E-state index contributed by atoms with van der Waals surface area (Å²) in [5.41, 5.74) is 0.291. The van der Waals surface area contributed by atoms with Crippen molar-refractivity contribution in [3.8, 4) is 0 Å². The molecule has 0 bridgehead atoms. The second-order valence-corrected chi connectivity index (χ2v) is 5.41. The van der Waals surface area contributed by atoms with Crippen molar-refractivity contribution in [2.75, 3.05) is 39.5 Å². The number of fused-ring (bicyclic) bond motifs is 1. The Kier molecular flexibility index (Phi) is 2.08. The van der Waals surface area contributed by atoms with E-state index in [1.807, 2.05) is 0 Å². The third-order valence-electron chi connectivity index (χ3n) is 4.17. The molecule has 3 aliphatic rings. The standard InChI is InChI=1S/C11H19NO2/c13-8-11(1-2-11)7-12-3-9-5-14-6-10(9)4-12/h9-10,13H,1-8H2/t9-,10+. The molecule has 0 aromatic rings. The van der Waals surface area contributed by atoms with E-state index in [1.165, 1.54) is 25.9 Å². The van der Waals surface area contributed by atoms with Gasteiger partial charge in [-0.25, -0.2) is 0 Å². The van der Waals surface area contributed by atoms with Gasteiger partial charge in [0, 0.05) is 43.5 Å². The van der Waals surface area contributed by atoms with Gasteiger partial charge in [0.2, 0.25) is 0 Å². The van der Waals surface area contributed by atoms with Crippen LogP contribution in [0.15, 0.2) is 0 Å². The Bertz CT molecular complexity index is 215. The highest BCUT2D eigenvalue weighted by molar-refractivity contribution is 4.98. The summed E-state index contributed by atoms with van der Waals surface area (Å²) in [6.07, 6.45) is 2.46. The van der Waals surface area contributed by atoms with Crippen LogP contribution in [0.2, 0.25) is 0 Å². The molecule has 0 aromatic carbocycles. The lowest BCUT2D eigenvalue weighted by Crippen LogP contribution is -2.31. The van der Waals surface area contributed by atoms with Gasteiger partial charge in [-0.1, -0.05) is 0 Å². The minimum atomic E-state index is 0.291. The summed E-state index contributed by atoms with van der Waals surface area (Å²) >= 11 is 0. The molecule has 2 saturated heterocycles. The molecule has 0 spiro atoms. The van der Waals surface area contributed by atoms with Gasteiger partial charge in [-0.2, -0.15) is 0 Å². The van der Waals surface area contributed by atoms with E-state index in [-0.39, 0.29) is 0 Å². The highest BCUT2D eigenvalue weighted by Crippen LogP contribution is 2.46. The van der Waals surface area contributed by atoms with Gasteiger partial charge in [-0.15, -0.1) is 0 Å². The van der Waals surface area contributed by atoms with Crippen LogP contribution < -0.4 is 0 Å². The molecule has 14 heavy (non-hydrogen) atoms. The average molecular weight is 197 g/mol. The zero-order valence-electron chi connectivity index (χ0n) is 8.61. The predicted octanol–water partition coefficient (Wildman–Crippen LogP) is 0.337. The van der Waals surface area contributed by atoms with Crippen molar-refractivity contribution in [3.63, 3.8) is 0 Å². The summed E-state index contributed by atoms with van der Waals surface area (Å²) in [6, 6.07) is 0. The van der Waals surface area contributed by atoms with Crippen LogP contribution in [0, 0.1) is 17.3 Å². The lowest BCUT2D eigenvalue weighted by Gasteiger charge is -2.22. The molecule has 3 fully saturated rings. The molecular formula is C11H19NO2. The Balaban J connectivity index is 1.56. The zero-order chi connectivity index (χ0) is 9.60. The summed E-state index contributed by atoms with van der Waals surface area (Å²) in [6.45, 7) is 5.84. The SMILES string of the molecule is OCC1(CN2C[C@H]3COC[C@H]3C2)CC1. The molecule has 3 nitrogen and oxygen atoms in total. The fraction of sp³-hybridized carbons (Fsp3) is 1.00. The Hall–Kier alpha value is -0.120. The average Bonchev–Trinajstić information content (AvgIpc) is 2.62. The number of aliphatic hydroxyl groups is 1. The zero-order valence-corrected chi connectivity index (χ0v) is 8.61. The summed E-state index contributed by atoms with van der Waals surface area (Å²) in [7, 11) is 0. The molecule has 3 rings (SSSR count). The molecule has 3 heteroatoms. The molecule has 2 atom stereocenters. The highest BCUT2D eigenvalue weighted by Gasteiger charge is 2.46. The van der Waals surface area contributed by atoms with Gasteiger partial charge < -0.3 is 14.7 Å². The molecule has 0 radical (unpaired) electrons. The van der Waals surface area contributed by atoms with Crippen molar-refractivity contribution in [2.24, 2.45) is 17.3 Å². The fourth-order valence-electron chi connectivity index (χ4n) is 2.93. The number of nitrogens with zero attached hydrogens (tertiary/aromatic N) is 1. The first-order valence-electron chi connectivity index (χ1n) is 5.72. The first kappa shape index (κ1) is 9.13. The molecule has 2 aliphatic heterocycles. The number of likely N-dealkylation sites (tertiary alicyclic amines) is 1. The maximum absolute atomic E-state index is 9.27. The van der Waals surface area contributed by atoms with E-state index in [2.05, 4.69) is 4.90 Å². The van der Waals surface area contributed by atoms with Crippen LogP contribution in [0.5, 0.6) is 0 Å². The maximum Gasteiger partial charge on any atom is 0.0510 e. The Morgan fingerprint density at radius 2 is 1.86 bits per heavy atom. The number of ether oxygens (including phenoxy) is 1. The monoisotopic (exact) mass is 197 g/mol. The molecule has 1 aliphatic carbocycles. The quantitative estimate of drug-likeness (QED) is 0.708. The summed E-state index contributed by atoms with van der Waals surface area (Å²) in [4.78, 5) is 2.54. The highest BCUT2D eigenvalue weighted by atomic mass is 16.5. The van der Waals surface area contributed by atoms with Crippen LogP contribution in [-0.4, -0.2) is 49.5 Å². The molecule has 80 valence electrons. The second kappa shape index (κ2) is 3.19. The predicted molar refractivity (Wildman–Crippen MR) is 53.0 cm³/mol. The van der Waals surface area contributed by atoms with Crippen molar-refractivity contribution < 1.29 is 9.84 Å². The Labute approximate surface area is 85.0 Å². The molecule has 0 amide bonds. The van der Waals surface area contributed by atoms with Crippen molar-refractivity contribution in [1.29, 1.82) is 0 Å². The van der Waals surface area contributed by atoms with Gasteiger partial charge in [0.15, 0.2) is 0 Å². The van der Waals surface area contributed by atoms with Gasteiger partial charge in [0.05, 0.1) is 13.2 Å². The number of rotatable bonds is 3. The second-order valence-electron chi connectivity index (χ2n) is 5.41. The summed E-state index contributed by atoms with van der Waals surface area (Å²) in [5.74, 6) is 1.56. The van der Waals surface area contributed by atoms with E-state index in [1.54, 1.807) is 0 Å². The van der Waals surface area contributed by atoms with Crippen molar-refractivity contribution in [3.05, 3.63) is 0 Å².